The Balaban J connectivity index is 2.34. The zero-order valence-electron chi connectivity index (χ0n) is 9.02. The van der Waals surface area contributed by atoms with Gasteiger partial charge in [0.2, 0.25) is 0 Å². The Morgan fingerprint density at radius 1 is 1.00 bits per heavy atom. The number of aromatic nitrogens is 1. The lowest BCUT2D eigenvalue weighted by Gasteiger charge is -2.02. The second-order valence-corrected chi connectivity index (χ2v) is 3.45. The fourth-order valence-corrected chi connectivity index (χ4v) is 1.53. The zero-order valence-corrected chi connectivity index (χ0v) is 9.02. The first-order chi connectivity index (χ1) is 7.81. The molecule has 0 unspecified atom stereocenters. The minimum absolute atomic E-state index is 0.193. The smallest absolute Gasteiger partial charge is 0.126 e. The van der Waals surface area contributed by atoms with Crippen molar-refractivity contribution in [2.45, 2.75) is 6.92 Å². The van der Waals surface area contributed by atoms with Crippen molar-refractivity contribution < 1.29 is 4.39 Å². The zero-order chi connectivity index (χ0) is 11.4. The highest BCUT2D eigenvalue weighted by Crippen LogP contribution is 2.22. The monoisotopic (exact) mass is 213 g/mol. The van der Waals surface area contributed by atoms with Crippen LogP contribution in [0, 0.1) is 0 Å². The van der Waals surface area contributed by atoms with E-state index in [0.717, 1.165) is 11.1 Å². The van der Waals surface area contributed by atoms with E-state index in [0.29, 0.717) is 5.56 Å². The van der Waals surface area contributed by atoms with Crippen molar-refractivity contribution in [1.29, 1.82) is 0 Å². The van der Waals surface area contributed by atoms with Crippen LogP contribution in [0.2, 0.25) is 0 Å². The van der Waals surface area contributed by atoms with E-state index in [-0.39, 0.29) is 5.83 Å². The topological polar surface area (TPSA) is 12.9 Å². The lowest BCUT2D eigenvalue weighted by atomic mass is 10.0. The molecule has 0 saturated heterocycles. The van der Waals surface area contributed by atoms with E-state index in [1.165, 1.54) is 6.08 Å². The molecule has 1 nitrogen and oxygen atoms in total. The van der Waals surface area contributed by atoms with Gasteiger partial charge in [0.15, 0.2) is 0 Å². The number of halogens is 1. The summed E-state index contributed by atoms with van der Waals surface area (Å²) < 4.78 is 13.2. The minimum Gasteiger partial charge on any atom is -0.265 e. The number of allylic oxidation sites excluding steroid dienone is 1. The summed E-state index contributed by atoms with van der Waals surface area (Å²) in [5.74, 6) is -0.193. The lowest BCUT2D eigenvalue weighted by Crippen LogP contribution is -1.81. The average Bonchev–Trinajstić information content (AvgIpc) is 2.39. The highest BCUT2D eigenvalue weighted by molar-refractivity contribution is 5.67. The van der Waals surface area contributed by atoms with Crippen molar-refractivity contribution in [3.63, 3.8) is 0 Å². The Morgan fingerprint density at radius 2 is 1.56 bits per heavy atom. The number of benzene rings is 1. The van der Waals surface area contributed by atoms with Crippen molar-refractivity contribution in [2.24, 2.45) is 0 Å². The molecule has 2 aromatic rings. The largest absolute Gasteiger partial charge is 0.265 e. The van der Waals surface area contributed by atoms with Crippen LogP contribution in [-0.2, 0) is 0 Å². The first-order valence-corrected chi connectivity index (χ1v) is 5.14. The lowest BCUT2D eigenvalue weighted by molar-refractivity contribution is 0.758. The predicted molar refractivity (Wildman–Crippen MR) is 64.4 cm³/mol. The molecule has 16 heavy (non-hydrogen) atoms. The van der Waals surface area contributed by atoms with E-state index >= 15 is 0 Å². The molecule has 1 aromatic carbocycles. The summed E-state index contributed by atoms with van der Waals surface area (Å²) in [5, 5.41) is 0. The van der Waals surface area contributed by atoms with Gasteiger partial charge in [-0.25, -0.2) is 4.39 Å². The van der Waals surface area contributed by atoms with Gasteiger partial charge in [-0.15, -0.1) is 0 Å². The Kier molecular flexibility index (Phi) is 3.10. The molecule has 0 aliphatic carbocycles. The quantitative estimate of drug-likeness (QED) is 0.732. The van der Waals surface area contributed by atoms with Crippen molar-refractivity contribution in [3.8, 4) is 11.1 Å². The third kappa shape index (κ3) is 2.16. The molecule has 0 spiro atoms. The molecule has 0 N–H and O–H groups in total. The van der Waals surface area contributed by atoms with Crippen molar-refractivity contribution in [1.82, 2.24) is 4.98 Å². The summed E-state index contributed by atoms with van der Waals surface area (Å²) in [6, 6.07) is 11.2. The molecule has 0 fully saturated rings. The molecule has 2 heteroatoms. The SMILES string of the molecule is C/C=C(\F)c1ccc(-c2ccncc2)cc1. The molecule has 2 rings (SSSR count). The third-order valence-electron chi connectivity index (χ3n) is 2.43. The van der Waals surface area contributed by atoms with Crippen LogP contribution in [0.15, 0.2) is 54.9 Å². The van der Waals surface area contributed by atoms with E-state index < -0.39 is 0 Å². The Bertz CT molecular complexity index is 486. The van der Waals surface area contributed by atoms with Crippen LogP contribution in [0.25, 0.3) is 17.0 Å². The molecule has 0 amide bonds. The van der Waals surface area contributed by atoms with E-state index in [9.17, 15) is 4.39 Å². The van der Waals surface area contributed by atoms with Gasteiger partial charge in [-0.2, -0.15) is 0 Å². The summed E-state index contributed by atoms with van der Waals surface area (Å²) in [7, 11) is 0. The van der Waals surface area contributed by atoms with Crippen LogP contribution in [0.4, 0.5) is 4.39 Å². The molecule has 0 radical (unpaired) electrons. The van der Waals surface area contributed by atoms with Crippen LogP contribution in [-0.4, -0.2) is 4.98 Å². The molecule has 0 atom stereocenters. The van der Waals surface area contributed by atoms with Crippen LogP contribution < -0.4 is 0 Å². The van der Waals surface area contributed by atoms with Gasteiger partial charge in [0.1, 0.15) is 5.83 Å². The first-order valence-electron chi connectivity index (χ1n) is 5.14. The maximum absolute atomic E-state index is 13.2. The summed E-state index contributed by atoms with van der Waals surface area (Å²) >= 11 is 0. The Labute approximate surface area is 94.3 Å². The third-order valence-corrected chi connectivity index (χ3v) is 2.43. The molecule has 80 valence electrons. The van der Waals surface area contributed by atoms with Gasteiger partial charge >= 0.3 is 0 Å². The molecule has 1 aromatic heterocycles. The van der Waals surface area contributed by atoms with Crippen LogP contribution in [0.1, 0.15) is 12.5 Å². The van der Waals surface area contributed by atoms with Crippen LogP contribution >= 0.6 is 0 Å². The van der Waals surface area contributed by atoms with Gasteiger partial charge in [-0.3, -0.25) is 4.98 Å². The van der Waals surface area contributed by atoms with Gasteiger partial charge < -0.3 is 0 Å². The summed E-state index contributed by atoms with van der Waals surface area (Å²) in [6.07, 6.45) is 4.95. The molecule has 0 bridgehead atoms. The van der Waals surface area contributed by atoms with Gasteiger partial charge in [0.25, 0.3) is 0 Å². The molecular formula is C14H12FN. The van der Waals surface area contributed by atoms with Crippen molar-refractivity contribution in [2.75, 3.05) is 0 Å². The molecular weight excluding hydrogens is 201 g/mol. The van der Waals surface area contributed by atoms with Crippen molar-refractivity contribution >= 4 is 5.83 Å². The fourth-order valence-electron chi connectivity index (χ4n) is 1.53. The highest BCUT2D eigenvalue weighted by Gasteiger charge is 2.00. The minimum atomic E-state index is -0.193. The number of nitrogens with zero attached hydrogens (tertiary/aromatic N) is 1. The van der Waals surface area contributed by atoms with Gasteiger partial charge in [-0.05, 0) is 30.2 Å². The van der Waals surface area contributed by atoms with Crippen LogP contribution in [0.3, 0.4) is 0 Å². The number of hydrogen-bond acceptors (Lipinski definition) is 1. The van der Waals surface area contributed by atoms with E-state index in [2.05, 4.69) is 4.98 Å². The molecule has 0 aliphatic rings. The second-order valence-electron chi connectivity index (χ2n) is 3.45. The maximum atomic E-state index is 13.2. The van der Waals surface area contributed by atoms with Gasteiger partial charge in [-0.1, -0.05) is 30.3 Å². The van der Waals surface area contributed by atoms with E-state index in [1.807, 2.05) is 24.3 Å². The fraction of sp³-hybridized carbons (Fsp3) is 0.0714. The summed E-state index contributed by atoms with van der Waals surface area (Å²) in [5.41, 5.74) is 2.76. The summed E-state index contributed by atoms with van der Waals surface area (Å²) in [6.45, 7) is 1.69. The standard InChI is InChI=1S/C14H12FN/c1-2-14(15)13-5-3-11(4-6-13)12-7-9-16-10-8-12/h2-10H,1H3/b14-2-. The predicted octanol–water partition coefficient (Wildman–Crippen LogP) is 4.08. The van der Waals surface area contributed by atoms with E-state index in [4.69, 9.17) is 0 Å². The Hall–Kier alpha value is -1.96. The maximum Gasteiger partial charge on any atom is 0.126 e. The van der Waals surface area contributed by atoms with E-state index in [1.54, 1.807) is 31.5 Å². The number of hydrogen-bond donors (Lipinski definition) is 0. The Morgan fingerprint density at radius 3 is 2.12 bits per heavy atom. The van der Waals surface area contributed by atoms with Crippen molar-refractivity contribution in [3.05, 3.63) is 60.4 Å². The highest BCUT2D eigenvalue weighted by atomic mass is 19.1. The molecule has 0 saturated carbocycles. The normalized spacial score (nSPS) is 11.5. The number of rotatable bonds is 2. The van der Waals surface area contributed by atoms with Gasteiger partial charge in [0, 0.05) is 18.0 Å². The van der Waals surface area contributed by atoms with Crippen LogP contribution in [0.5, 0.6) is 0 Å². The average molecular weight is 213 g/mol. The number of pyridine rings is 1. The van der Waals surface area contributed by atoms with Gasteiger partial charge in [0.05, 0.1) is 0 Å². The summed E-state index contributed by atoms with van der Waals surface area (Å²) in [4.78, 5) is 3.96. The first kappa shape index (κ1) is 10.6. The molecule has 0 aliphatic heterocycles. The molecule has 1 heterocycles. The second kappa shape index (κ2) is 4.71.